The Hall–Kier alpha value is -2.60. The monoisotopic (exact) mass is 446 g/mol. The van der Waals surface area contributed by atoms with Gasteiger partial charge < -0.3 is 15.7 Å². The Kier molecular flexibility index (Phi) is 7.55. The summed E-state index contributed by atoms with van der Waals surface area (Å²) in [6, 6.07) is 9.49. The van der Waals surface area contributed by atoms with E-state index in [0.717, 1.165) is 24.1 Å². The van der Waals surface area contributed by atoms with Crippen LogP contribution in [-0.4, -0.2) is 23.5 Å². The zero-order valence-corrected chi connectivity index (χ0v) is 18.5. The third-order valence-corrected chi connectivity index (χ3v) is 6.38. The number of carbonyl (C=O) groups excluding carboxylic acids is 1. The van der Waals surface area contributed by atoms with Gasteiger partial charge in [0.05, 0.1) is 12.0 Å². The molecule has 7 heteroatoms. The summed E-state index contributed by atoms with van der Waals surface area (Å²) in [5.74, 6) is -1.14. The summed E-state index contributed by atoms with van der Waals surface area (Å²) in [5, 5.41) is 15.9. The first kappa shape index (κ1) is 23.1. The number of aryl methyl sites for hydroxylation is 1. The molecule has 1 atom stereocenters. The molecule has 1 aliphatic rings. The van der Waals surface area contributed by atoms with Crippen LogP contribution in [-0.2, 0) is 4.79 Å². The lowest BCUT2D eigenvalue weighted by atomic mass is 9.82. The van der Waals surface area contributed by atoms with E-state index < -0.39 is 5.97 Å². The zero-order chi connectivity index (χ0) is 22.5. The van der Waals surface area contributed by atoms with E-state index in [0.29, 0.717) is 41.5 Å². The predicted molar refractivity (Wildman–Crippen MR) is 120 cm³/mol. The number of hydrogen-bond acceptors (Lipinski definition) is 3. The normalized spacial score (nSPS) is 19.5. The maximum atomic E-state index is 13.6. The second-order valence-corrected chi connectivity index (χ2v) is 8.73. The van der Waals surface area contributed by atoms with Crippen LogP contribution in [0.25, 0.3) is 0 Å². The molecule has 1 unspecified atom stereocenters. The van der Waals surface area contributed by atoms with Crippen molar-refractivity contribution in [2.75, 3.05) is 11.9 Å². The van der Waals surface area contributed by atoms with Crippen molar-refractivity contribution in [2.45, 2.75) is 45.6 Å². The first-order chi connectivity index (χ1) is 14.7. The SMILES string of the molecule is Cc1cc(C(=O)NC[C@H]2CC[C@H](C(=O)O)CC2)ccc1NC(C)c1cc(F)ccc1Cl. The highest BCUT2D eigenvalue weighted by Crippen LogP contribution is 2.30. The van der Waals surface area contributed by atoms with Crippen molar-refractivity contribution >= 4 is 29.2 Å². The van der Waals surface area contributed by atoms with Crippen molar-refractivity contribution in [1.29, 1.82) is 0 Å². The van der Waals surface area contributed by atoms with Gasteiger partial charge in [-0.25, -0.2) is 4.39 Å². The summed E-state index contributed by atoms with van der Waals surface area (Å²) >= 11 is 6.20. The van der Waals surface area contributed by atoms with Crippen LogP contribution in [0.2, 0.25) is 5.02 Å². The van der Waals surface area contributed by atoms with Gasteiger partial charge in [0.25, 0.3) is 5.91 Å². The van der Waals surface area contributed by atoms with E-state index >= 15 is 0 Å². The maximum absolute atomic E-state index is 13.6. The highest BCUT2D eigenvalue weighted by molar-refractivity contribution is 6.31. The van der Waals surface area contributed by atoms with Crippen LogP contribution in [0.5, 0.6) is 0 Å². The molecule has 2 aromatic rings. The fourth-order valence-corrected chi connectivity index (χ4v) is 4.36. The van der Waals surface area contributed by atoms with Crippen molar-refractivity contribution < 1.29 is 19.1 Å². The van der Waals surface area contributed by atoms with Gasteiger partial charge in [-0.2, -0.15) is 0 Å². The summed E-state index contributed by atoms with van der Waals surface area (Å²) in [4.78, 5) is 23.6. The van der Waals surface area contributed by atoms with Crippen molar-refractivity contribution in [3.05, 3.63) is 63.9 Å². The van der Waals surface area contributed by atoms with Crippen molar-refractivity contribution in [3.8, 4) is 0 Å². The molecule has 1 fully saturated rings. The van der Waals surface area contributed by atoms with E-state index in [9.17, 15) is 14.0 Å². The molecule has 0 aromatic heterocycles. The quantitative estimate of drug-likeness (QED) is 0.518. The average molecular weight is 447 g/mol. The van der Waals surface area contributed by atoms with Gasteiger partial charge in [0.1, 0.15) is 5.82 Å². The molecule has 2 aromatic carbocycles. The second kappa shape index (κ2) is 10.1. The molecule has 0 spiro atoms. The molecule has 1 amide bonds. The molecular formula is C24H28ClFN2O3. The highest BCUT2D eigenvalue weighted by atomic mass is 35.5. The van der Waals surface area contributed by atoms with Gasteiger partial charge in [-0.1, -0.05) is 11.6 Å². The molecule has 166 valence electrons. The number of carboxylic acid groups (broad SMARTS) is 1. The lowest BCUT2D eigenvalue weighted by Gasteiger charge is -2.26. The van der Waals surface area contributed by atoms with E-state index in [-0.39, 0.29) is 23.7 Å². The Morgan fingerprint density at radius 3 is 2.52 bits per heavy atom. The van der Waals surface area contributed by atoms with Gasteiger partial charge in [0.15, 0.2) is 0 Å². The van der Waals surface area contributed by atoms with Gasteiger partial charge in [-0.3, -0.25) is 9.59 Å². The van der Waals surface area contributed by atoms with Gasteiger partial charge in [-0.15, -0.1) is 0 Å². The highest BCUT2D eigenvalue weighted by Gasteiger charge is 2.26. The number of carbonyl (C=O) groups is 2. The summed E-state index contributed by atoms with van der Waals surface area (Å²) in [5.41, 5.74) is 2.98. The summed E-state index contributed by atoms with van der Waals surface area (Å²) in [6.07, 6.45) is 2.98. The molecule has 3 rings (SSSR count). The van der Waals surface area contributed by atoms with E-state index in [1.54, 1.807) is 12.1 Å². The largest absolute Gasteiger partial charge is 0.481 e. The van der Waals surface area contributed by atoms with Crippen molar-refractivity contribution in [2.24, 2.45) is 11.8 Å². The Labute approximate surface area is 187 Å². The van der Waals surface area contributed by atoms with Crippen LogP contribution in [0.4, 0.5) is 10.1 Å². The number of hydrogen-bond donors (Lipinski definition) is 3. The molecule has 31 heavy (non-hydrogen) atoms. The first-order valence-corrected chi connectivity index (χ1v) is 11.0. The van der Waals surface area contributed by atoms with Crippen LogP contribution in [0, 0.1) is 24.6 Å². The Morgan fingerprint density at radius 1 is 1.16 bits per heavy atom. The minimum absolute atomic E-state index is 0.142. The number of rotatable bonds is 7. The van der Waals surface area contributed by atoms with Crippen molar-refractivity contribution in [1.82, 2.24) is 5.32 Å². The fourth-order valence-electron chi connectivity index (χ4n) is 4.08. The minimum atomic E-state index is -0.722. The van der Waals surface area contributed by atoms with Crippen LogP contribution in [0.15, 0.2) is 36.4 Å². The number of benzene rings is 2. The molecule has 0 bridgehead atoms. The third kappa shape index (κ3) is 5.97. The first-order valence-electron chi connectivity index (χ1n) is 10.6. The molecule has 5 nitrogen and oxygen atoms in total. The Morgan fingerprint density at radius 2 is 1.87 bits per heavy atom. The topological polar surface area (TPSA) is 78.4 Å². The molecule has 0 heterocycles. The van der Waals surface area contributed by atoms with Crippen molar-refractivity contribution in [3.63, 3.8) is 0 Å². The minimum Gasteiger partial charge on any atom is -0.481 e. The second-order valence-electron chi connectivity index (χ2n) is 8.33. The lowest BCUT2D eigenvalue weighted by Crippen LogP contribution is -2.32. The number of carboxylic acids is 1. The van der Waals surface area contributed by atoms with E-state index in [4.69, 9.17) is 16.7 Å². The van der Waals surface area contributed by atoms with Crippen LogP contribution in [0.1, 0.15) is 60.1 Å². The molecule has 3 N–H and O–H groups in total. The summed E-state index contributed by atoms with van der Waals surface area (Å²) in [7, 11) is 0. The maximum Gasteiger partial charge on any atom is 0.306 e. The molecule has 1 saturated carbocycles. The van der Waals surface area contributed by atoms with E-state index in [1.165, 1.54) is 12.1 Å². The van der Waals surface area contributed by atoms with Gasteiger partial charge >= 0.3 is 5.97 Å². The van der Waals surface area contributed by atoms with Crippen LogP contribution < -0.4 is 10.6 Å². The number of amides is 1. The smallest absolute Gasteiger partial charge is 0.306 e. The molecule has 1 aliphatic carbocycles. The van der Waals surface area contributed by atoms with E-state index in [1.807, 2.05) is 26.0 Å². The third-order valence-electron chi connectivity index (χ3n) is 6.03. The molecule has 0 radical (unpaired) electrons. The average Bonchev–Trinajstić information content (AvgIpc) is 2.75. The molecular weight excluding hydrogens is 419 g/mol. The summed E-state index contributed by atoms with van der Waals surface area (Å²) < 4.78 is 13.6. The number of aliphatic carboxylic acids is 1. The van der Waals surface area contributed by atoms with Gasteiger partial charge in [0, 0.05) is 22.8 Å². The zero-order valence-electron chi connectivity index (χ0n) is 17.8. The molecule has 0 saturated heterocycles. The lowest BCUT2D eigenvalue weighted by molar-refractivity contribution is -0.143. The van der Waals surface area contributed by atoms with Crippen LogP contribution in [0.3, 0.4) is 0 Å². The van der Waals surface area contributed by atoms with E-state index in [2.05, 4.69) is 10.6 Å². The number of nitrogens with one attached hydrogen (secondary N) is 2. The number of anilines is 1. The van der Waals surface area contributed by atoms with Gasteiger partial charge in [0.2, 0.25) is 0 Å². The van der Waals surface area contributed by atoms with Gasteiger partial charge in [-0.05, 0) is 93.0 Å². The Bertz CT molecular complexity index is 958. The number of halogens is 2. The fraction of sp³-hybridized carbons (Fsp3) is 0.417. The Balaban J connectivity index is 1.57. The predicted octanol–water partition coefficient (Wildman–Crippen LogP) is 5.58. The summed E-state index contributed by atoms with van der Waals surface area (Å²) in [6.45, 7) is 4.37. The van der Waals surface area contributed by atoms with Crippen LogP contribution >= 0.6 is 11.6 Å². The standard InChI is InChI=1S/C24H28ClFN2O3/c1-14-11-18(23(29)27-13-16-3-5-17(6-4-16)24(30)31)7-10-22(14)28-15(2)20-12-19(26)8-9-21(20)25/h7-12,15-17,28H,3-6,13H2,1-2H3,(H,27,29)(H,30,31)/t15?,16-,17-. The molecule has 0 aliphatic heterocycles.